The van der Waals surface area contributed by atoms with Crippen LogP contribution in [0.2, 0.25) is 0 Å². The van der Waals surface area contributed by atoms with Gasteiger partial charge in [-0.1, -0.05) is 182 Å². The molecule has 0 radical (unpaired) electrons. The van der Waals surface area contributed by atoms with Gasteiger partial charge in [-0.25, -0.2) is 15.0 Å². The van der Waals surface area contributed by atoms with E-state index in [-0.39, 0.29) is 0 Å². The minimum absolute atomic E-state index is 0.559. The van der Waals surface area contributed by atoms with Crippen molar-refractivity contribution < 1.29 is 0 Å². The van der Waals surface area contributed by atoms with E-state index in [9.17, 15) is 0 Å². The van der Waals surface area contributed by atoms with E-state index in [0.717, 1.165) is 16.7 Å². The van der Waals surface area contributed by atoms with Crippen molar-refractivity contribution >= 4 is 32.3 Å². The molecule has 256 valence electrons. The monoisotopic (exact) mass is 699 g/mol. The molecule has 0 aliphatic heterocycles. The lowest BCUT2D eigenvalue weighted by molar-refractivity contribution is 0.769. The summed E-state index contributed by atoms with van der Waals surface area (Å²) < 4.78 is 0. The van der Waals surface area contributed by atoms with Crippen LogP contribution in [0.15, 0.2) is 200 Å². The first-order chi connectivity index (χ1) is 27.3. The molecule has 0 bridgehead atoms. The summed E-state index contributed by atoms with van der Waals surface area (Å²) in [5, 5.41) is 7.56. The van der Waals surface area contributed by atoms with Crippen LogP contribution in [-0.4, -0.2) is 15.0 Å². The average molecular weight is 700 g/mol. The predicted molar refractivity (Wildman–Crippen MR) is 226 cm³/mol. The molecule has 10 aromatic rings. The van der Waals surface area contributed by atoms with Crippen LogP contribution >= 0.6 is 0 Å². The van der Waals surface area contributed by atoms with Gasteiger partial charge in [0.05, 0.1) is 5.41 Å². The summed E-state index contributed by atoms with van der Waals surface area (Å²) in [7, 11) is 0. The molecule has 1 aliphatic carbocycles. The Balaban J connectivity index is 1.25. The maximum Gasteiger partial charge on any atom is 0.164 e. The molecule has 55 heavy (non-hydrogen) atoms. The molecule has 0 spiro atoms. The molecule has 9 aromatic carbocycles. The highest BCUT2D eigenvalue weighted by atomic mass is 15.0. The number of aromatic nitrogens is 3. The molecule has 0 atom stereocenters. The zero-order valence-electron chi connectivity index (χ0n) is 29.9. The molecule has 11 rings (SSSR count). The highest BCUT2D eigenvalue weighted by Crippen LogP contribution is 2.58. The Morgan fingerprint density at radius 3 is 1.15 bits per heavy atom. The van der Waals surface area contributed by atoms with Crippen molar-refractivity contribution in [2.45, 2.75) is 5.41 Å². The third-order valence-electron chi connectivity index (χ3n) is 11.4. The van der Waals surface area contributed by atoms with Crippen LogP contribution < -0.4 is 0 Å². The van der Waals surface area contributed by atoms with Crippen molar-refractivity contribution in [3.05, 3.63) is 222 Å². The third-order valence-corrected chi connectivity index (χ3v) is 11.4. The number of hydrogen-bond acceptors (Lipinski definition) is 3. The highest BCUT2D eigenvalue weighted by Gasteiger charge is 2.46. The van der Waals surface area contributed by atoms with E-state index in [1.54, 1.807) is 0 Å². The number of benzene rings is 9. The average Bonchev–Trinajstić information content (AvgIpc) is 3.56. The lowest BCUT2D eigenvalue weighted by atomic mass is 9.67. The molecular formula is C52H33N3. The van der Waals surface area contributed by atoms with Gasteiger partial charge in [0, 0.05) is 16.7 Å². The van der Waals surface area contributed by atoms with Gasteiger partial charge in [0.2, 0.25) is 0 Å². The van der Waals surface area contributed by atoms with E-state index in [1.165, 1.54) is 65.7 Å². The molecule has 1 aromatic heterocycles. The van der Waals surface area contributed by atoms with Gasteiger partial charge in [-0.2, -0.15) is 0 Å². The summed E-state index contributed by atoms with van der Waals surface area (Å²) in [6.45, 7) is 0. The second-order valence-corrected chi connectivity index (χ2v) is 14.3. The van der Waals surface area contributed by atoms with E-state index in [2.05, 4.69) is 164 Å². The van der Waals surface area contributed by atoms with Gasteiger partial charge in [0.25, 0.3) is 0 Å². The highest BCUT2D eigenvalue weighted by molar-refractivity contribution is 6.26. The molecular weight excluding hydrogens is 667 g/mol. The second-order valence-electron chi connectivity index (χ2n) is 14.3. The quantitative estimate of drug-likeness (QED) is 0.168. The smallest absolute Gasteiger partial charge is 0.164 e. The van der Waals surface area contributed by atoms with Gasteiger partial charge in [-0.3, -0.25) is 0 Å². The Labute approximate surface area is 319 Å². The van der Waals surface area contributed by atoms with Gasteiger partial charge in [0.1, 0.15) is 0 Å². The fraction of sp³-hybridized carbons (Fsp3) is 0.0192. The fourth-order valence-electron chi connectivity index (χ4n) is 8.97. The SMILES string of the molecule is c1ccc(-c2nc(-c3ccccc3)nc(-c3ccc4c(c3)-c3cc5c6ccccc6c6ccccc6c5cc3C4(c3ccccc3)c3ccccc3)n2)cc1. The number of nitrogens with zero attached hydrogens (tertiary/aromatic N) is 3. The van der Waals surface area contributed by atoms with E-state index in [1.807, 2.05) is 36.4 Å². The molecule has 1 heterocycles. The summed E-state index contributed by atoms with van der Waals surface area (Å²) in [4.78, 5) is 15.2. The minimum atomic E-state index is -0.559. The predicted octanol–water partition coefficient (Wildman–Crippen LogP) is 12.7. The van der Waals surface area contributed by atoms with Crippen molar-refractivity contribution in [3.63, 3.8) is 0 Å². The van der Waals surface area contributed by atoms with Crippen LogP contribution in [0.4, 0.5) is 0 Å². The second kappa shape index (κ2) is 12.4. The van der Waals surface area contributed by atoms with Crippen LogP contribution in [0.5, 0.6) is 0 Å². The maximum atomic E-state index is 5.14. The molecule has 0 N–H and O–H groups in total. The minimum Gasteiger partial charge on any atom is -0.208 e. The molecule has 0 fully saturated rings. The van der Waals surface area contributed by atoms with Gasteiger partial charge in [0.15, 0.2) is 17.5 Å². The first kappa shape index (κ1) is 31.3. The Kier molecular flexibility index (Phi) is 7.08. The van der Waals surface area contributed by atoms with Crippen molar-refractivity contribution in [2.24, 2.45) is 0 Å². The normalized spacial score (nSPS) is 12.9. The van der Waals surface area contributed by atoms with E-state index in [4.69, 9.17) is 15.0 Å². The topological polar surface area (TPSA) is 38.7 Å². The first-order valence-electron chi connectivity index (χ1n) is 18.8. The largest absolute Gasteiger partial charge is 0.208 e. The fourth-order valence-corrected chi connectivity index (χ4v) is 8.97. The first-order valence-corrected chi connectivity index (χ1v) is 18.8. The maximum absolute atomic E-state index is 5.14. The Bertz CT molecular complexity index is 2970. The molecule has 0 unspecified atom stereocenters. The Hall–Kier alpha value is -7.23. The molecule has 0 amide bonds. The molecule has 3 heteroatoms. The van der Waals surface area contributed by atoms with Gasteiger partial charge in [-0.15, -0.1) is 0 Å². The molecule has 0 saturated heterocycles. The van der Waals surface area contributed by atoms with E-state index < -0.39 is 5.41 Å². The number of hydrogen-bond donors (Lipinski definition) is 0. The molecule has 0 saturated carbocycles. The zero-order chi connectivity index (χ0) is 36.3. The number of rotatable bonds is 5. The van der Waals surface area contributed by atoms with E-state index >= 15 is 0 Å². The van der Waals surface area contributed by atoms with Crippen molar-refractivity contribution in [2.75, 3.05) is 0 Å². The van der Waals surface area contributed by atoms with Crippen LogP contribution in [0.3, 0.4) is 0 Å². The van der Waals surface area contributed by atoms with Gasteiger partial charge >= 0.3 is 0 Å². The summed E-state index contributed by atoms with van der Waals surface area (Å²) in [5.74, 6) is 1.95. The van der Waals surface area contributed by atoms with Crippen LogP contribution in [0.25, 0.3) is 77.6 Å². The lowest BCUT2D eigenvalue weighted by Crippen LogP contribution is -2.28. The number of fused-ring (bicyclic) bond motifs is 9. The van der Waals surface area contributed by atoms with Crippen LogP contribution in [-0.2, 0) is 5.41 Å². The van der Waals surface area contributed by atoms with Gasteiger partial charge in [-0.05, 0) is 83.9 Å². The standard InChI is InChI=1S/C52H33N3/c1-5-17-34(18-6-1)49-53-50(35-19-7-2-8-20-35)55-51(54-49)36-29-30-47-45(31-36)46-32-43-41-27-15-13-25-39(41)40-26-14-16-28-42(40)44(43)33-48(46)52(47,37-21-9-3-10-22-37)38-23-11-4-12-24-38/h1-33H. The molecule has 3 nitrogen and oxygen atoms in total. The zero-order valence-corrected chi connectivity index (χ0v) is 29.9. The summed E-state index contributed by atoms with van der Waals surface area (Å²) in [6.07, 6.45) is 0. The van der Waals surface area contributed by atoms with Crippen molar-refractivity contribution in [3.8, 4) is 45.3 Å². The molecule has 1 aliphatic rings. The summed E-state index contributed by atoms with van der Waals surface area (Å²) >= 11 is 0. The summed E-state index contributed by atoms with van der Waals surface area (Å²) in [6, 6.07) is 71.8. The van der Waals surface area contributed by atoms with Gasteiger partial charge < -0.3 is 0 Å². The summed E-state index contributed by atoms with van der Waals surface area (Å²) in [5.41, 5.74) is 9.68. The Morgan fingerprint density at radius 1 is 0.273 bits per heavy atom. The van der Waals surface area contributed by atoms with Crippen molar-refractivity contribution in [1.82, 2.24) is 15.0 Å². The van der Waals surface area contributed by atoms with E-state index in [0.29, 0.717) is 17.5 Å². The van der Waals surface area contributed by atoms with Crippen molar-refractivity contribution in [1.29, 1.82) is 0 Å². The lowest BCUT2D eigenvalue weighted by Gasteiger charge is -2.34. The van der Waals surface area contributed by atoms with Crippen LogP contribution in [0, 0.1) is 0 Å². The Morgan fingerprint density at radius 2 is 0.655 bits per heavy atom. The van der Waals surface area contributed by atoms with Crippen LogP contribution in [0.1, 0.15) is 22.3 Å². The third kappa shape index (κ3) is 4.80.